The van der Waals surface area contributed by atoms with E-state index in [0.717, 1.165) is 17.8 Å². The van der Waals surface area contributed by atoms with Crippen molar-refractivity contribution in [3.05, 3.63) is 108 Å². The van der Waals surface area contributed by atoms with Gasteiger partial charge in [-0.05, 0) is 48.5 Å². The molecule has 170 valence electrons. The van der Waals surface area contributed by atoms with Crippen LogP contribution in [0.3, 0.4) is 0 Å². The SMILES string of the molecule is NC(=O)c1cc(NC(=O)/C=C/c2cn(-c3ccccc3)nc2-c2ccc(F)cc2)c(F)cc1F. The molecule has 0 radical (unpaired) electrons. The summed E-state index contributed by atoms with van der Waals surface area (Å²) in [6.07, 6.45) is 4.27. The first kappa shape index (κ1) is 22.5. The number of amides is 2. The molecular weight excluding hydrogens is 445 g/mol. The summed E-state index contributed by atoms with van der Waals surface area (Å²) in [4.78, 5) is 23.7. The molecule has 9 heteroatoms. The zero-order chi connectivity index (χ0) is 24.2. The minimum absolute atomic E-state index is 0.399. The fourth-order valence-electron chi connectivity index (χ4n) is 3.23. The van der Waals surface area contributed by atoms with Crippen molar-refractivity contribution in [2.75, 3.05) is 5.32 Å². The molecule has 3 N–H and O–H groups in total. The van der Waals surface area contributed by atoms with Crippen molar-refractivity contribution in [1.29, 1.82) is 0 Å². The molecule has 2 amide bonds. The molecule has 0 aliphatic rings. The van der Waals surface area contributed by atoms with Gasteiger partial charge in [0, 0.05) is 29.5 Å². The van der Waals surface area contributed by atoms with E-state index in [-0.39, 0.29) is 0 Å². The van der Waals surface area contributed by atoms with Crippen LogP contribution in [-0.2, 0) is 4.79 Å². The first-order chi connectivity index (χ1) is 16.3. The zero-order valence-corrected chi connectivity index (χ0v) is 17.5. The summed E-state index contributed by atoms with van der Waals surface area (Å²) in [6.45, 7) is 0. The van der Waals surface area contributed by atoms with Gasteiger partial charge in [-0.1, -0.05) is 18.2 Å². The van der Waals surface area contributed by atoms with Gasteiger partial charge in [0.1, 0.15) is 17.5 Å². The molecule has 0 saturated heterocycles. The third-order valence-electron chi connectivity index (χ3n) is 4.88. The van der Waals surface area contributed by atoms with Crippen LogP contribution in [0.1, 0.15) is 15.9 Å². The predicted octanol–water partition coefficient (Wildman–Crippen LogP) is 4.71. The minimum atomic E-state index is -1.13. The lowest BCUT2D eigenvalue weighted by Gasteiger charge is -2.06. The summed E-state index contributed by atoms with van der Waals surface area (Å²) in [7, 11) is 0. The number of para-hydroxylation sites is 1. The van der Waals surface area contributed by atoms with Gasteiger partial charge >= 0.3 is 0 Å². The predicted molar refractivity (Wildman–Crippen MR) is 121 cm³/mol. The summed E-state index contributed by atoms with van der Waals surface area (Å²) in [6, 6.07) is 16.2. The Hall–Kier alpha value is -4.66. The Bertz CT molecular complexity index is 1400. The third kappa shape index (κ3) is 4.88. The first-order valence-electron chi connectivity index (χ1n) is 10.0. The molecule has 0 spiro atoms. The van der Waals surface area contributed by atoms with Crippen molar-refractivity contribution < 1.29 is 22.8 Å². The highest BCUT2D eigenvalue weighted by molar-refractivity contribution is 6.03. The van der Waals surface area contributed by atoms with Crippen LogP contribution in [-0.4, -0.2) is 21.6 Å². The lowest BCUT2D eigenvalue weighted by atomic mass is 10.1. The van der Waals surface area contributed by atoms with E-state index in [2.05, 4.69) is 10.4 Å². The number of carbonyl (C=O) groups excluding carboxylic acids is 2. The quantitative estimate of drug-likeness (QED) is 0.407. The molecule has 0 aliphatic heterocycles. The molecule has 6 nitrogen and oxygen atoms in total. The summed E-state index contributed by atoms with van der Waals surface area (Å²) < 4.78 is 42.7. The number of benzene rings is 3. The van der Waals surface area contributed by atoms with Gasteiger partial charge in [0.05, 0.1) is 22.6 Å². The largest absolute Gasteiger partial charge is 0.366 e. The zero-order valence-electron chi connectivity index (χ0n) is 17.5. The van der Waals surface area contributed by atoms with Crippen molar-refractivity contribution in [2.24, 2.45) is 5.73 Å². The van der Waals surface area contributed by atoms with E-state index in [1.807, 2.05) is 30.3 Å². The number of hydrogen-bond donors (Lipinski definition) is 2. The van der Waals surface area contributed by atoms with Crippen LogP contribution in [0.4, 0.5) is 18.9 Å². The monoisotopic (exact) mass is 462 g/mol. The minimum Gasteiger partial charge on any atom is -0.366 e. The van der Waals surface area contributed by atoms with Crippen LogP contribution >= 0.6 is 0 Å². The molecule has 0 saturated carbocycles. The standard InChI is InChI=1S/C25H17F3N4O2/c26-17-9-6-15(7-10-17)24-16(14-32(31-24)18-4-2-1-3-5-18)8-11-23(33)30-22-12-19(25(29)34)20(27)13-21(22)28/h1-14H,(H2,29,34)(H,30,33)/b11-8+. The number of nitrogens with one attached hydrogen (secondary N) is 1. The van der Waals surface area contributed by atoms with Crippen molar-refractivity contribution in [3.63, 3.8) is 0 Å². The fraction of sp³-hybridized carbons (Fsp3) is 0. The molecule has 0 bridgehead atoms. The highest BCUT2D eigenvalue weighted by Gasteiger charge is 2.15. The van der Waals surface area contributed by atoms with Crippen LogP contribution in [0.2, 0.25) is 0 Å². The number of rotatable bonds is 6. The summed E-state index contributed by atoms with van der Waals surface area (Å²) in [5, 5.41) is 6.81. The smallest absolute Gasteiger partial charge is 0.251 e. The topological polar surface area (TPSA) is 90.0 Å². The normalized spacial score (nSPS) is 11.0. The van der Waals surface area contributed by atoms with E-state index < -0.39 is 40.5 Å². The Morgan fingerprint density at radius 3 is 2.32 bits per heavy atom. The van der Waals surface area contributed by atoms with E-state index >= 15 is 0 Å². The number of halogens is 3. The van der Waals surface area contributed by atoms with Gasteiger partial charge in [0.15, 0.2) is 0 Å². The number of hydrogen-bond acceptors (Lipinski definition) is 3. The highest BCUT2D eigenvalue weighted by Crippen LogP contribution is 2.25. The van der Waals surface area contributed by atoms with E-state index in [9.17, 15) is 22.8 Å². The molecular formula is C25H17F3N4O2. The fourth-order valence-corrected chi connectivity index (χ4v) is 3.23. The number of aromatic nitrogens is 2. The van der Waals surface area contributed by atoms with Crippen molar-refractivity contribution in [2.45, 2.75) is 0 Å². The van der Waals surface area contributed by atoms with Crippen molar-refractivity contribution in [3.8, 4) is 16.9 Å². The highest BCUT2D eigenvalue weighted by atomic mass is 19.1. The van der Waals surface area contributed by atoms with Crippen LogP contribution < -0.4 is 11.1 Å². The average Bonchev–Trinajstić information content (AvgIpc) is 3.24. The van der Waals surface area contributed by atoms with Gasteiger partial charge in [-0.2, -0.15) is 5.10 Å². The van der Waals surface area contributed by atoms with Crippen molar-refractivity contribution >= 4 is 23.6 Å². The van der Waals surface area contributed by atoms with Gasteiger partial charge in [-0.3, -0.25) is 9.59 Å². The number of primary amides is 1. The van der Waals surface area contributed by atoms with Gasteiger partial charge < -0.3 is 11.1 Å². The summed E-state index contributed by atoms with van der Waals surface area (Å²) in [5.41, 5.74) is 6.52. The number of nitrogens with zero attached hydrogens (tertiary/aromatic N) is 2. The lowest BCUT2D eigenvalue weighted by Crippen LogP contribution is -2.16. The van der Waals surface area contributed by atoms with Gasteiger partial charge in [-0.15, -0.1) is 0 Å². The van der Waals surface area contributed by atoms with Gasteiger partial charge in [-0.25, -0.2) is 17.9 Å². The first-order valence-corrected chi connectivity index (χ1v) is 10.0. The van der Waals surface area contributed by atoms with Crippen molar-refractivity contribution in [1.82, 2.24) is 9.78 Å². The molecule has 34 heavy (non-hydrogen) atoms. The Morgan fingerprint density at radius 1 is 0.941 bits per heavy atom. The van der Waals surface area contributed by atoms with Gasteiger partial charge in [0.2, 0.25) is 5.91 Å². The second-order valence-corrected chi connectivity index (χ2v) is 7.22. The molecule has 3 aromatic carbocycles. The molecule has 0 atom stereocenters. The summed E-state index contributed by atoms with van der Waals surface area (Å²) >= 11 is 0. The van der Waals surface area contributed by atoms with Crippen LogP contribution in [0.5, 0.6) is 0 Å². The molecule has 4 rings (SSSR count). The van der Waals surface area contributed by atoms with E-state index in [1.165, 1.54) is 18.2 Å². The Labute approximate surface area is 192 Å². The van der Waals surface area contributed by atoms with Crippen LogP contribution in [0, 0.1) is 17.5 Å². The van der Waals surface area contributed by atoms with Crippen LogP contribution in [0.15, 0.2) is 79.0 Å². The van der Waals surface area contributed by atoms with E-state index in [0.29, 0.717) is 22.9 Å². The molecule has 0 aliphatic carbocycles. The maximum absolute atomic E-state index is 14.1. The maximum atomic E-state index is 14.1. The Morgan fingerprint density at radius 2 is 1.65 bits per heavy atom. The summed E-state index contributed by atoms with van der Waals surface area (Å²) in [5.74, 6) is -4.43. The Kier molecular flexibility index (Phi) is 6.26. The van der Waals surface area contributed by atoms with E-state index in [4.69, 9.17) is 5.73 Å². The number of anilines is 1. The van der Waals surface area contributed by atoms with E-state index in [1.54, 1.807) is 23.0 Å². The third-order valence-corrected chi connectivity index (χ3v) is 4.88. The average molecular weight is 462 g/mol. The number of carbonyl (C=O) groups is 2. The maximum Gasteiger partial charge on any atom is 0.251 e. The number of nitrogens with two attached hydrogens (primary N) is 1. The van der Waals surface area contributed by atoms with Gasteiger partial charge in [0.25, 0.3) is 5.91 Å². The molecule has 1 aromatic heterocycles. The second-order valence-electron chi connectivity index (χ2n) is 7.22. The Balaban J connectivity index is 1.65. The second kappa shape index (κ2) is 9.45. The molecule has 0 unspecified atom stereocenters. The molecule has 1 heterocycles. The molecule has 0 fully saturated rings. The van der Waals surface area contributed by atoms with Crippen LogP contribution in [0.25, 0.3) is 23.0 Å². The lowest BCUT2D eigenvalue weighted by molar-refractivity contribution is -0.111. The molecule has 4 aromatic rings.